The highest BCUT2D eigenvalue weighted by molar-refractivity contribution is 7.85. The molecule has 0 aliphatic heterocycles. The van der Waals surface area contributed by atoms with Crippen LogP contribution in [0.2, 0.25) is 0 Å². The van der Waals surface area contributed by atoms with Gasteiger partial charge in [-0.2, -0.15) is 8.42 Å². The predicted molar refractivity (Wildman–Crippen MR) is 145 cm³/mol. The molecule has 0 atom stereocenters. The topological polar surface area (TPSA) is 63.6 Å². The molecule has 4 nitrogen and oxygen atoms in total. The molecule has 1 N–H and O–H groups in total. The molecule has 0 heterocycles. The summed E-state index contributed by atoms with van der Waals surface area (Å²) in [6.07, 6.45) is 27.4. The van der Waals surface area contributed by atoms with Gasteiger partial charge in [-0.1, -0.05) is 129 Å². The highest BCUT2D eigenvalue weighted by Gasteiger charge is 2.11. The minimum Gasteiger partial charge on any atom is -0.493 e. The molecular formula is C29H52O4S. The van der Waals surface area contributed by atoms with Crippen molar-refractivity contribution in [1.29, 1.82) is 0 Å². The molecule has 0 saturated carbocycles. The Labute approximate surface area is 211 Å². The van der Waals surface area contributed by atoms with Crippen LogP contribution in [0.3, 0.4) is 0 Å². The maximum atomic E-state index is 11.2. The summed E-state index contributed by atoms with van der Waals surface area (Å²) in [4.78, 5) is -0.0869. The Bertz CT molecular complexity index is 715. The third kappa shape index (κ3) is 16.5. The summed E-state index contributed by atoms with van der Waals surface area (Å²) in [5.74, 6) is 0.685. The quantitative estimate of drug-likeness (QED) is 0.121. The lowest BCUT2D eigenvalue weighted by Gasteiger charge is -2.10. The van der Waals surface area contributed by atoms with Crippen molar-refractivity contribution in [3.8, 4) is 5.75 Å². The van der Waals surface area contributed by atoms with Crippen LogP contribution in [0.1, 0.15) is 141 Å². The van der Waals surface area contributed by atoms with Gasteiger partial charge in [0.2, 0.25) is 0 Å². The van der Waals surface area contributed by atoms with Crippen LogP contribution in [-0.2, 0) is 10.1 Å². The number of ether oxygens (including phenoxy) is 1. The zero-order valence-electron chi connectivity index (χ0n) is 22.2. The highest BCUT2D eigenvalue weighted by atomic mass is 32.2. The van der Waals surface area contributed by atoms with E-state index in [1.165, 1.54) is 134 Å². The standard InChI is InChI=1S/C29H52O4S/c1-3-4-5-6-7-8-9-10-11-12-13-14-15-16-17-18-19-20-21-22-25-33-29-24-23-28(26-27(29)2)34(30,31)32/h23-24,26H,3-22,25H2,1-2H3,(H,30,31,32). The van der Waals surface area contributed by atoms with Crippen molar-refractivity contribution in [2.24, 2.45) is 0 Å². The Kier molecular flexibility index (Phi) is 18.4. The molecule has 0 saturated heterocycles. The van der Waals surface area contributed by atoms with E-state index in [2.05, 4.69) is 6.92 Å². The van der Waals surface area contributed by atoms with Gasteiger partial charge in [-0.25, -0.2) is 0 Å². The number of rotatable bonds is 23. The number of benzene rings is 1. The molecular weight excluding hydrogens is 444 g/mol. The average molecular weight is 497 g/mol. The van der Waals surface area contributed by atoms with Crippen molar-refractivity contribution in [3.63, 3.8) is 0 Å². The van der Waals surface area contributed by atoms with Gasteiger partial charge in [0.15, 0.2) is 0 Å². The summed E-state index contributed by atoms with van der Waals surface area (Å²) in [7, 11) is -4.15. The Morgan fingerprint density at radius 1 is 0.647 bits per heavy atom. The first-order chi connectivity index (χ1) is 16.4. The van der Waals surface area contributed by atoms with Gasteiger partial charge >= 0.3 is 0 Å². The van der Waals surface area contributed by atoms with E-state index in [1.807, 2.05) is 0 Å². The monoisotopic (exact) mass is 496 g/mol. The van der Waals surface area contributed by atoms with Gasteiger partial charge in [0.05, 0.1) is 11.5 Å². The van der Waals surface area contributed by atoms with Crippen molar-refractivity contribution >= 4 is 10.1 Å². The van der Waals surface area contributed by atoms with Crippen LogP contribution in [0.4, 0.5) is 0 Å². The second-order valence-corrected chi connectivity index (χ2v) is 11.4. The summed E-state index contributed by atoms with van der Waals surface area (Å²) in [5, 5.41) is 0. The highest BCUT2D eigenvalue weighted by Crippen LogP contribution is 2.22. The van der Waals surface area contributed by atoms with Crippen LogP contribution < -0.4 is 4.74 Å². The summed E-state index contributed by atoms with van der Waals surface area (Å²) in [5.41, 5.74) is 0.725. The molecule has 0 spiro atoms. The van der Waals surface area contributed by atoms with Crippen LogP contribution in [0.25, 0.3) is 0 Å². The zero-order valence-corrected chi connectivity index (χ0v) is 23.0. The fraction of sp³-hybridized carbons (Fsp3) is 0.793. The van der Waals surface area contributed by atoms with E-state index in [9.17, 15) is 8.42 Å². The normalized spacial score (nSPS) is 11.7. The van der Waals surface area contributed by atoms with Gasteiger partial charge < -0.3 is 4.74 Å². The van der Waals surface area contributed by atoms with Gasteiger partial charge in [-0.15, -0.1) is 0 Å². The molecule has 0 aromatic heterocycles. The fourth-order valence-electron chi connectivity index (χ4n) is 4.48. The predicted octanol–water partition coefficient (Wildman–Crippen LogP) is 9.44. The van der Waals surface area contributed by atoms with E-state index in [-0.39, 0.29) is 4.90 Å². The Morgan fingerprint density at radius 2 is 1.03 bits per heavy atom. The first-order valence-electron chi connectivity index (χ1n) is 14.2. The Balaban J connectivity index is 1.82. The maximum Gasteiger partial charge on any atom is 0.294 e. The summed E-state index contributed by atoms with van der Waals surface area (Å²) < 4.78 is 37.2. The van der Waals surface area contributed by atoms with Gasteiger partial charge in [0, 0.05) is 0 Å². The summed E-state index contributed by atoms with van der Waals surface area (Å²) in [6.45, 7) is 4.72. The SMILES string of the molecule is CCCCCCCCCCCCCCCCCCCCCCOc1ccc(S(=O)(=O)O)cc1C. The molecule has 198 valence electrons. The fourth-order valence-corrected chi connectivity index (χ4v) is 5.05. The van der Waals surface area contributed by atoms with Crippen LogP contribution in [0.15, 0.2) is 23.1 Å². The Hall–Kier alpha value is -1.07. The molecule has 0 radical (unpaired) electrons. The molecule has 0 fully saturated rings. The van der Waals surface area contributed by atoms with E-state index in [4.69, 9.17) is 9.29 Å². The van der Waals surface area contributed by atoms with Crippen LogP contribution in [-0.4, -0.2) is 19.6 Å². The van der Waals surface area contributed by atoms with Crippen LogP contribution >= 0.6 is 0 Å². The first kappa shape index (κ1) is 31.0. The minimum absolute atomic E-state index is 0.0869. The number of hydrogen-bond acceptors (Lipinski definition) is 3. The molecule has 0 bridgehead atoms. The number of unbranched alkanes of at least 4 members (excludes halogenated alkanes) is 19. The lowest BCUT2D eigenvalue weighted by molar-refractivity contribution is 0.302. The van der Waals surface area contributed by atoms with Gasteiger partial charge in [0.1, 0.15) is 5.75 Å². The van der Waals surface area contributed by atoms with Crippen molar-refractivity contribution < 1.29 is 17.7 Å². The van der Waals surface area contributed by atoms with Crippen LogP contribution in [0, 0.1) is 6.92 Å². The lowest BCUT2D eigenvalue weighted by Crippen LogP contribution is -2.02. The lowest BCUT2D eigenvalue weighted by atomic mass is 10.0. The van der Waals surface area contributed by atoms with Gasteiger partial charge in [-0.3, -0.25) is 4.55 Å². The zero-order chi connectivity index (χ0) is 24.9. The molecule has 1 rings (SSSR count). The van der Waals surface area contributed by atoms with Crippen molar-refractivity contribution in [3.05, 3.63) is 23.8 Å². The molecule has 0 aliphatic carbocycles. The molecule has 0 unspecified atom stereocenters. The van der Waals surface area contributed by atoms with Crippen molar-refractivity contribution in [1.82, 2.24) is 0 Å². The number of aryl methyl sites for hydroxylation is 1. The Morgan fingerprint density at radius 3 is 1.38 bits per heavy atom. The molecule has 0 amide bonds. The van der Waals surface area contributed by atoms with E-state index >= 15 is 0 Å². The van der Waals surface area contributed by atoms with Crippen molar-refractivity contribution in [2.75, 3.05) is 6.61 Å². The largest absolute Gasteiger partial charge is 0.493 e. The molecule has 1 aromatic rings. The van der Waals surface area contributed by atoms with Gasteiger partial charge in [0.25, 0.3) is 10.1 Å². The third-order valence-corrected chi connectivity index (χ3v) is 7.55. The summed E-state index contributed by atoms with van der Waals surface area (Å²) >= 11 is 0. The maximum absolute atomic E-state index is 11.2. The molecule has 1 aromatic carbocycles. The van der Waals surface area contributed by atoms with Gasteiger partial charge in [-0.05, 0) is 37.1 Å². The smallest absolute Gasteiger partial charge is 0.294 e. The van der Waals surface area contributed by atoms with E-state index in [0.29, 0.717) is 12.4 Å². The first-order valence-corrected chi connectivity index (χ1v) is 15.6. The average Bonchev–Trinajstić information content (AvgIpc) is 2.80. The van der Waals surface area contributed by atoms with E-state index in [0.717, 1.165) is 12.0 Å². The van der Waals surface area contributed by atoms with E-state index < -0.39 is 10.1 Å². The third-order valence-electron chi connectivity index (χ3n) is 6.70. The molecule has 5 heteroatoms. The van der Waals surface area contributed by atoms with Crippen LogP contribution in [0.5, 0.6) is 5.75 Å². The second-order valence-electron chi connectivity index (χ2n) is 9.97. The molecule has 0 aliphatic rings. The van der Waals surface area contributed by atoms with Crippen molar-refractivity contribution in [2.45, 2.75) is 147 Å². The second kappa shape index (κ2) is 20.2. The molecule has 34 heavy (non-hydrogen) atoms. The minimum atomic E-state index is -4.15. The number of hydrogen-bond donors (Lipinski definition) is 1. The summed E-state index contributed by atoms with van der Waals surface area (Å²) in [6, 6.07) is 4.45. The van der Waals surface area contributed by atoms with E-state index in [1.54, 1.807) is 13.0 Å².